The van der Waals surface area contributed by atoms with Crippen molar-refractivity contribution < 1.29 is 20.8 Å². The second kappa shape index (κ2) is 15.9. The van der Waals surface area contributed by atoms with Gasteiger partial charge in [0.2, 0.25) is 5.91 Å². The predicted molar refractivity (Wildman–Crippen MR) is 153 cm³/mol. The van der Waals surface area contributed by atoms with Gasteiger partial charge in [-0.2, -0.15) is 0 Å². The third-order valence-electron chi connectivity index (χ3n) is 5.83. The maximum Gasteiger partial charge on any atom is 0.237 e. The molecule has 5 nitrogen and oxygen atoms in total. The molecule has 3 aromatic rings. The van der Waals surface area contributed by atoms with E-state index < -0.39 is 0 Å². The number of thiophene rings is 1. The van der Waals surface area contributed by atoms with Gasteiger partial charge in [-0.3, -0.25) is 4.79 Å². The van der Waals surface area contributed by atoms with Gasteiger partial charge in [0, 0.05) is 33.5 Å². The van der Waals surface area contributed by atoms with Gasteiger partial charge in [-0.15, -0.1) is 11.3 Å². The quantitative estimate of drug-likeness (QED) is 0.445. The molecular weight excluding hydrogens is 487 g/mol. The van der Waals surface area contributed by atoms with E-state index in [4.69, 9.17) is 0 Å². The summed E-state index contributed by atoms with van der Waals surface area (Å²) in [5.41, 5.74) is 6.18. The van der Waals surface area contributed by atoms with Crippen molar-refractivity contribution in [1.29, 1.82) is 0 Å². The molecule has 5 rings (SSSR count). The largest absolute Gasteiger partial charge is 0.412 e. The van der Waals surface area contributed by atoms with Crippen molar-refractivity contribution in [3.8, 4) is 0 Å². The van der Waals surface area contributed by atoms with Crippen LogP contribution in [0.4, 0.5) is 4.39 Å². The first kappa shape index (κ1) is 30.1. The van der Waals surface area contributed by atoms with Gasteiger partial charge in [0.15, 0.2) is 0 Å². The molecule has 2 heterocycles. The number of ether oxygens (including phenoxy) is 1. The second-order valence-corrected chi connectivity index (χ2v) is 9.83. The standard InChI is InChI=1S/C21H22N2OS.C7H7F.C2H6O.H2O.H2/c24-21(20-7-2-10-22-20)23-14-15-4-1-5-16(12-15)19-9-8-17(19)13-18-6-3-11-25-18;1-6-2-4-7(8)5-3-6;1-3-2;;/h1,3-6,8-9,11-12,20,22H,2,7,10,13-14H2,(H,23,24);2-5H,1H3;1-2H3;1H2;1H. The molecule has 1 fully saturated rings. The Morgan fingerprint density at radius 2 is 1.89 bits per heavy atom. The number of rotatable bonds is 6. The van der Waals surface area contributed by atoms with Crippen LogP contribution in [0.3, 0.4) is 0 Å². The molecule has 1 aromatic heterocycles. The molecule has 200 valence electrons. The second-order valence-electron chi connectivity index (χ2n) is 8.80. The van der Waals surface area contributed by atoms with E-state index in [1.54, 1.807) is 37.7 Å². The number of methoxy groups -OCH3 is 1. The molecule has 1 aliphatic carbocycles. The number of carbonyl (C=O) groups excluding carboxylic acids is 1. The minimum absolute atomic E-state index is 0. The smallest absolute Gasteiger partial charge is 0.237 e. The normalized spacial score (nSPS) is 15.4. The van der Waals surface area contributed by atoms with E-state index >= 15 is 0 Å². The van der Waals surface area contributed by atoms with Crippen LogP contribution in [0, 0.1) is 12.7 Å². The first-order valence-corrected chi connectivity index (χ1v) is 13.0. The zero-order valence-electron chi connectivity index (χ0n) is 21.7. The summed E-state index contributed by atoms with van der Waals surface area (Å²) in [6, 6.07) is 19.2. The van der Waals surface area contributed by atoms with E-state index in [2.05, 4.69) is 69.3 Å². The minimum Gasteiger partial charge on any atom is -0.412 e. The molecule has 0 bridgehead atoms. The lowest BCUT2D eigenvalue weighted by Gasteiger charge is -2.19. The van der Waals surface area contributed by atoms with Gasteiger partial charge >= 0.3 is 0 Å². The highest BCUT2D eigenvalue weighted by Crippen LogP contribution is 2.33. The van der Waals surface area contributed by atoms with E-state index in [0.717, 1.165) is 36.9 Å². The highest BCUT2D eigenvalue weighted by Gasteiger charge is 2.21. The summed E-state index contributed by atoms with van der Waals surface area (Å²) in [6.07, 6.45) is 7.41. The average Bonchev–Trinajstić information content (AvgIpc) is 3.58. The number of hydrogen-bond donors (Lipinski definition) is 2. The van der Waals surface area contributed by atoms with Crippen LogP contribution in [0.5, 0.6) is 0 Å². The third kappa shape index (κ3) is 9.70. The summed E-state index contributed by atoms with van der Waals surface area (Å²) < 4.78 is 16.3. The summed E-state index contributed by atoms with van der Waals surface area (Å²) in [4.78, 5) is 13.5. The maximum absolute atomic E-state index is 12.1. The SMILES string of the molecule is COC.Cc1ccc(F)cc1.O.O=C(NCc1cccc(C2=CC=C2Cc2cccs2)c1)C1CCCN1.[HH]. The molecule has 1 aliphatic heterocycles. The third-order valence-corrected chi connectivity index (χ3v) is 6.71. The van der Waals surface area contributed by atoms with Gasteiger partial charge in [-0.05, 0) is 78.2 Å². The topological polar surface area (TPSA) is 81.9 Å². The van der Waals surface area contributed by atoms with E-state index in [9.17, 15) is 9.18 Å². The molecular formula is C30H39FN2O3S. The van der Waals surface area contributed by atoms with Crippen molar-refractivity contribution in [2.45, 2.75) is 38.8 Å². The molecule has 2 aromatic carbocycles. The molecule has 1 atom stereocenters. The number of hydrogen-bond acceptors (Lipinski definition) is 4. The first-order valence-electron chi connectivity index (χ1n) is 12.2. The Morgan fingerprint density at radius 1 is 1.14 bits per heavy atom. The fourth-order valence-electron chi connectivity index (χ4n) is 3.92. The van der Waals surface area contributed by atoms with Crippen LogP contribution in [0.2, 0.25) is 0 Å². The van der Waals surface area contributed by atoms with Gasteiger partial charge in [-0.1, -0.05) is 54.1 Å². The van der Waals surface area contributed by atoms with E-state index in [1.165, 1.54) is 33.7 Å². The highest BCUT2D eigenvalue weighted by atomic mass is 32.1. The number of carbonyl (C=O) groups is 1. The van der Waals surface area contributed by atoms with Crippen molar-refractivity contribution in [2.24, 2.45) is 0 Å². The number of nitrogens with one attached hydrogen (secondary N) is 2. The van der Waals surface area contributed by atoms with Crippen molar-refractivity contribution in [3.63, 3.8) is 0 Å². The van der Waals surface area contributed by atoms with Crippen molar-refractivity contribution in [1.82, 2.24) is 10.6 Å². The van der Waals surface area contributed by atoms with Crippen LogP contribution < -0.4 is 10.6 Å². The van der Waals surface area contributed by atoms with Crippen molar-refractivity contribution >= 4 is 22.8 Å². The van der Waals surface area contributed by atoms with Gasteiger partial charge in [0.25, 0.3) is 0 Å². The van der Waals surface area contributed by atoms with Crippen LogP contribution in [-0.4, -0.2) is 38.2 Å². The molecule has 4 N–H and O–H groups in total. The van der Waals surface area contributed by atoms with E-state index in [-0.39, 0.29) is 24.7 Å². The molecule has 1 amide bonds. The van der Waals surface area contributed by atoms with E-state index in [0.29, 0.717) is 6.54 Å². The van der Waals surface area contributed by atoms with E-state index in [1.807, 2.05) is 6.92 Å². The Morgan fingerprint density at radius 3 is 2.46 bits per heavy atom. The lowest BCUT2D eigenvalue weighted by atomic mass is 9.87. The molecule has 7 heteroatoms. The highest BCUT2D eigenvalue weighted by molar-refractivity contribution is 7.09. The first-order chi connectivity index (χ1) is 17.5. The Labute approximate surface area is 224 Å². The minimum atomic E-state index is -0.171. The molecule has 0 saturated carbocycles. The van der Waals surface area contributed by atoms with Gasteiger partial charge in [0.05, 0.1) is 6.04 Å². The van der Waals surface area contributed by atoms with Crippen LogP contribution in [0.15, 0.2) is 83.8 Å². The number of benzene rings is 2. The summed E-state index contributed by atoms with van der Waals surface area (Å²) >= 11 is 1.80. The maximum atomic E-state index is 12.1. The molecule has 2 aliphatic rings. The Hall–Kier alpha value is -3.10. The zero-order valence-corrected chi connectivity index (χ0v) is 22.5. The van der Waals surface area contributed by atoms with Crippen molar-refractivity contribution in [2.75, 3.05) is 20.8 Å². The van der Waals surface area contributed by atoms with Crippen LogP contribution in [0.1, 0.15) is 35.8 Å². The molecule has 1 saturated heterocycles. The molecule has 37 heavy (non-hydrogen) atoms. The molecule has 0 spiro atoms. The molecule has 1 unspecified atom stereocenters. The number of halogens is 1. The fourth-order valence-corrected chi connectivity index (χ4v) is 4.65. The van der Waals surface area contributed by atoms with Gasteiger partial charge in [-0.25, -0.2) is 4.39 Å². The van der Waals surface area contributed by atoms with Crippen LogP contribution >= 0.6 is 11.3 Å². The summed E-state index contributed by atoms with van der Waals surface area (Å²) in [7, 11) is 3.25. The van der Waals surface area contributed by atoms with Gasteiger partial charge in [0.1, 0.15) is 5.82 Å². The average molecular weight is 527 g/mol. The summed E-state index contributed by atoms with van der Waals surface area (Å²) in [5, 5.41) is 8.42. The molecule has 0 radical (unpaired) electrons. The number of aryl methyl sites for hydroxylation is 1. The van der Waals surface area contributed by atoms with Crippen LogP contribution in [-0.2, 0) is 22.5 Å². The predicted octanol–water partition coefficient (Wildman–Crippen LogP) is 5.50. The van der Waals surface area contributed by atoms with Gasteiger partial charge < -0.3 is 20.8 Å². The lowest BCUT2D eigenvalue weighted by molar-refractivity contribution is -0.122. The zero-order chi connectivity index (χ0) is 25.8. The lowest BCUT2D eigenvalue weighted by Crippen LogP contribution is -2.40. The number of amides is 1. The fraction of sp³-hybridized carbons (Fsp3) is 0.300. The monoisotopic (exact) mass is 526 g/mol. The van der Waals surface area contributed by atoms with Crippen LogP contribution in [0.25, 0.3) is 5.57 Å². The Balaban J connectivity index is 0.000000471. The van der Waals surface area contributed by atoms with Crippen molar-refractivity contribution in [3.05, 3.63) is 111 Å². The summed E-state index contributed by atoms with van der Waals surface area (Å²) in [6.45, 7) is 3.46. The Bertz CT molecular complexity index is 1140. The summed E-state index contributed by atoms with van der Waals surface area (Å²) in [5.74, 6) is -0.0559. The number of allylic oxidation sites excluding steroid dienone is 4. The Kier molecular flexibility index (Phi) is 12.9.